The lowest BCUT2D eigenvalue weighted by molar-refractivity contribution is -0.129. The lowest BCUT2D eigenvalue weighted by atomic mass is 10.1. The zero-order valence-electron chi connectivity index (χ0n) is 15.7. The van der Waals surface area contributed by atoms with Crippen LogP contribution in [-0.2, 0) is 9.53 Å². The highest BCUT2D eigenvalue weighted by Crippen LogP contribution is 2.36. The van der Waals surface area contributed by atoms with Crippen LogP contribution in [0.5, 0.6) is 23.0 Å². The summed E-state index contributed by atoms with van der Waals surface area (Å²) in [7, 11) is 6.10. The summed E-state index contributed by atoms with van der Waals surface area (Å²) in [4.78, 5) is 16.6. The predicted molar refractivity (Wildman–Crippen MR) is 105 cm³/mol. The van der Waals surface area contributed by atoms with Crippen LogP contribution in [0.3, 0.4) is 0 Å². The maximum atomic E-state index is 12.3. The van der Waals surface area contributed by atoms with E-state index in [1.165, 1.54) is 28.4 Å². The van der Waals surface area contributed by atoms with Crippen LogP contribution in [0.25, 0.3) is 6.08 Å². The maximum absolute atomic E-state index is 12.3. The van der Waals surface area contributed by atoms with Crippen LogP contribution >= 0.6 is 11.6 Å². The maximum Gasteiger partial charge on any atom is 0.363 e. The molecule has 0 bridgehead atoms. The molecule has 2 aromatic rings. The summed E-state index contributed by atoms with van der Waals surface area (Å²) in [5.74, 6) is 1.59. The topological polar surface area (TPSA) is 75.6 Å². The number of aliphatic imine (C=N–C) groups is 1. The number of halogens is 1. The molecule has 3 rings (SSSR count). The minimum Gasteiger partial charge on any atom is -0.497 e. The van der Waals surface area contributed by atoms with Crippen molar-refractivity contribution in [2.24, 2.45) is 4.99 Å². The number of carbonyl (C=O) groups is 1. The second-order valence-corrected chi connectivity index (χ2v) is 6.04. The molecular formula is C20H18ClNO6. The van der Waals surface area contributed by atoms with Gasteiger partial charge in [0, 0.05) is 11.6 Å². The highest BCUT2D eigenvalue weighted by molar-refractivity contribution is 6.34. The Balaban J connectivity index is 2.02. The van der Waals surface area contributed by atoms with Crippen molar-refractivity contribution in [2.45, 2.75) is 0 Å². The summed E-state index contributed by atoms with van der Waals surface area (Å²) < 4.78 is 26.3. The molecule has 146 valence electrons. The first-order chi connectivity index (χ1) is 13.5. The minimum atomic E-state index is -0.598. The van der Waals surface area contributed by atoms with E-state index >= 15 is 0 Å². The lowest BCUT2D eigenvalue weighted by Crippen LogP contribution is -2.06. The van der Waals surface area contributed by atoms with Crippen molar-refractivity contribution in [3.63, 3.8) is 0 Å². The molecule has 2 aromatic carbocycles. The fraction of sp³-hybridized carbons (Fsp3) is 0.200. The normalized spacial score (nSPS) is 14.5. The summed E-state index contributed by atoms with van der Waals surface area (Å²) in [5.41, 5.74) is 1.17. The Morgan fingerprint density at radius 2 is 1.61 bits per heavy atom. The van der Waals surface area contributed by atoms with Crippen molar-refractivity contribution < 1.29 is 28.5 Å². The number of rotatable bonds is 6. The third-order valence-electron chi connectivity index (χ3n) is 4.06. The SMILES string of the molecule is COc1ccc(C2=NC(=Cc3cc(OC)c(OC)cc3OC)C(=O)O2)c(Cl)c1. The van der Waals surface area contributed by atoms with E-state index in [0.717, 1.165) is 0 Å². The number of carbonyl (C=O) groups excluding carboxylic acids is 1. The van der Waals surface area contributed by atoms with Gasteiger partial charge in [0.15, 0.2) is 17.2 Å². The Morgan fingerprint density at radius 1 is 0.929 bits per heavy atom. The largest absolute Gasteiger partial charge is 0.497 e. The second-order valence-electron chi connectivity index (χ2n) is 5.63. The quantitative estimate of drug-likeness (QED) is 0.540. The Morgan fingerprint density at radius 3 is 2.21 bits per heavy atom. The highest BCUT2D eigenvalue weighted by atomic mass is 35.5. The van der Waals surface area contributed by atoms with Gasteiger partial charge in [-0.15, -0.1) is 0 Å². The van der Waals surface area contributed by atoms with Crippen LogP contribution in [0.1, 0.15) is 11.1 Å². The third kappa shape index (κ3) is 3.75. The molecule has 7 nitrogen and oxygen atoms in total. The van der Waals surface area contributed by atoms with E-state index < -0.39 is 5.97 Å². The summed E-state index contributed by atoms with van der Waals surface area (Å²) >= 11 is 6.24. The van der Waals surface area contributed by atoms with Crippen LogP contribution in [-0.4, -0.2) is 40.3 Å². The van der Waals surface area contributed by atoms with Crippen LogP contribution in [0.4, 0.5) is 0 Å². The number of esters is 1. The molecule has 28 heavy (non-hydrogen) atoms. The lowest BCUT2D eigenvalue weighted by Gasteiger charge is -2.12. The number of hydrogen-bond acceptors (Lipinski definition) is 7. The molecular weight excluding hydrogens is 386 g/mol. The van der Waals surface area contributed by atoms with Crippen LogP contribution in [0, 0.1) is 0 Å². The molecule has 0 spiro atoms. The summed E-state index contributed by atoms with van der Waals surface area (Å²) in [6, 6.07) is 8.35. The van der Waals surface area contributed by atoms with Gasteiger partial charge in [-0.25, -0.2) is 9.79 Å². The fourth-order valence-corrected chi connectivity index (χ4v) is 2.88. The van der Waals surface area contributed by atoms with Gasteiger partial charge in [0.2, 0.25) is 5.90 Å². The molecule has 1 aliphatic heterocycles. The molecule has 0 amide bonds. The molecule has 0 fully saturated rings. The average molecular weight is 404 g/mol. The van der Waals surface area contributed by atoms with Gasteiger partial charge in [-0.3, -0.25) is 0 Å². The van der Waals surface area contributed by atoms with Crippen molar-refractivity contribution in [1.82, 2.24) is 0 Å². The van der Waals surface area contributed by atoms with Gasteiger partial charge < -0.3 is 23.7 Å². The zero-order valence-corrected chi connectivity index (χ0v) is 16.5. The summed E-state index contributed by atoms with van der Waals surface area (Å²) in [5, 5.41) is 0.357. The summed E-state index contributed by atoms with van der Waals surface area (Å²) in [6.45, 7) is 0. The van der Waals surface area contributed by atoms with Gasteiger partial charge in [0.1, 0.15) is 11.5 Å². The molecule has 0 radical (unpaired) electrons. The first-order valence-corrected chi connectivity index (χ1v) is 8.55. The van der Waals surface area contributed by atoms with Crippen molar-refractivity contribution in [2.75, 3.05) is 28.4 Å². The molecule has 0 unspecified atom stereocenters. The smallest absolute Gasteiger partial charge is 0.363 e. The van der Waals surface area contributed by atoms with Crippen molar-refractivity contribution in [1.29, 1.82) is 0 Å². The summed E-state index contributed by atoms with van der Waals surface area (Å²) in [6.07, 6.45) is 1.55. The number of benzene rings is 2. The highest BCUT2D eigenvalue weighted by Gasteiger charge is 2.26. The van der Waals surface area contributed by atoms with Gasteiger partial charge in [0.25, 0.3) is 0 Å². The molecule has 8 heteroatoms. The van der Waals surface area contributed by atoms with Gasteiger partial charge in [0.05, 0.1) is 39.0 Å². The molecule has 1 aliphatic rings. The molecule has 0 atom stereocenters. The van der Waals surface area contributed by atoms with Gasteiger partial charge in [-0.2, -0.15) is 0 Å². The van der Waals surface area contributed by atoms with Gasteiger partial charge >= 0.3 is 5.97 Å². The standard InChI is InChI=1S/C20H18ClNO6/c1-24-12-5-6-13(14(21)9-12)19-22-15(20(23)28-19)7-11-8-17(26-3)18(27-4)10-16(11)25-2/h5-10H,1-4H3. The molecule has 0 N–H and O–H groups in total. The van der Waals surface area contributed by atoms with Gasteiger partial charge in [-0.05, 0) is 30.3 Å². The monoisotopic (exact) mass is 403 g/mol. The number of ether oxygens (including phenoxy) is 5. The van der Waals surface area contributed by atoms with E-state index in [1.54, 1.807) is 36.4 Å². The zero-order chi connectivity index (χ0) is 20.3. The number of nitrogens with zero attached hydrogens (tertiary/aromatic N) is 1. The third-order valence-corrected chi connectivity index (χ3v) is 4.37. The molecule has 0 aromatic heterocycles. The van der Waals surface area contributed by atoms with Gasteiger partial charge in [-0.1, -0.05) is 11.6 Å². The van der Waals surface area contributed by atoms with E-state index in [9.17, 15) is 4.79 Å². The number of methoxy groups -OCH3 is 4. The minimum absolute atomic E-state index is 0.104. The van der Waals surface area contributed by atoms with E-state index in [1.807, 2.05) is 0 Å². The van der Waals surface area contributed by atoms with E-state index in [2.05, 4.69) is 4.99 Å². The Hall–Kier alpha value is -3.19. The van der Waals surface area contributed by atoms with Crippen LogP contribution < -0.4 is 18.9 Å². The van der Waals surface area contributed by atoms with Crippen molar-refractivity contribution >= 4 is 29.5 Å². The molecule has 0 saturated heterocycles. The average Bonchev–Trinajstić information content (AvgIpc) is 3.07. The van der Waals surface area contributed by atoms with Crippen LogP contribution in [0.2, 0.25) is 5.02 Å². The van der Waals surface area contributed by atoms with E-state index in [-0.39, 0.29) is 11.6 Å². The Bertz CT molecular complexity index is 983. The van der Waals surface area contributed by atoms with Crippen molar-refractivity contribution in [3.8, 4) is 23.0 Å². The number of hydrogen-bond donors (Lipinski definition) is 0. The second kappa shape index (κ2) is 8.22. The predicted octanol–water partition coefficient (Wildman–Crippen LogP) is 3.72. The fourth-order valence-electron chi connectivity index (χ4n) is 2.63. The van der Waals surface area contributed by atoms with E-state index in [4.69, 9.17) is 35.3 Å². The van der Waals surface area contributed by atoms with Crippen molar-refractivity contribution in [3.05, 3.63) is 52.2 Å². The van der Waals surface area contributed by atoms with Crippen LogP contribution in [0.15, 0.2) is 41.0 Å². The molecule has 1 heterocycles. The molecule has 0 aliphatic carbocycles. The van der Waals surface area contributed by atoms with E-state index in [0.29, 0.717) is 39.1 Å². The Kier molecular flexibility index (Phi) is 5.75. The molecule has 0 saturated carbocycles. The first-order valence-electron chi connectivity index (χ1n) is 8.17. The Labute approximate surface area is 167 Å². The number of cyclic esters (lactones) is 1. The first kappa shape index (κ1) is 19.6.